The molecule has 20 heavy (non-hydrogen) atoms. The number of halogens is 3. The highest BCUT2D eigenvalue weighted by molar-refractivity contribution is 7.92. The summed E-state index contributed by atoms with van der Waals surface area (Å²) in [6.07, 6.45) is 1.02. The summed E-state index contributed by atoms with van der Waals surface area (Å²) in [7, 11) is -4.04. The summed E-state index contributed by atoms with van der Waals surface area (Å²) in [5.41, 5.74) is 5.12. The van der Waals surface area contributed by atoms with Crippen molar-refractivity contribution in [2.24, 2.45) is 0 Å². The normalized spacial score (nSPS) is 11.3. The molecule has 3 N–H and O–H groups in total. The number of rotatable bonds is 3. The van der Waals surface area contributed by atoms with Crippen molar-refractivity contribution in [1.29, 1.82) is 0 Å². The third-order valence-corrected chi connectivity index (χ3v) is 4.20. The monoisotopic (exact) mass is 335 g/mol. The number of aromatic nitrogens is 1. The summed E-state index contributed by atoms with van der Waals surface area (Å²) < 4.78 is 39.7. The number of nitrogen functional groups attached to an aromatic ring is 1. The number of anilines is 2. The lowest BCUT2D eigenvalue weighted by atomic mass is 10.3. The number of sulfonamides is 1. The molecule has 0 bridgehead atoms. The highest BCUT2D eigenvalue weighted by atomic mass is 35.5. The van der Waals surface area contributed by atoms with Crippen LogP contribution in [0.3, 0.4) is 0 Å². The van der Waals surface area contributed by atoms with Gasteiger partial charge in [0.1, 0.15) is 16.5 Å². The standard InChI is InChI=1S/C11H8Cl2FN3O2S/c12-6-1-2-9(14)10(3-6)17-20(18,19)7-4-8(13)11(15)16-5-7/h1-5,17H,(H2,15,16). The number of benzene rings is 1. The first-order chi connectivity index (χ1) is 9.29. The van der Waals surface area contributed by atoms with Crippen molar-refractivity contribution in [2.75, 3.05) is 10.5 Å². The molecule has 0 radical (unpaired) electrons. The Hall–Kier alpha value is -1.57. The quantitative estimate of drug-likeness (QED) is 0.902. The zero-order chi connectivity index (χ0) is 14.9. The molecular formula is C11H8Cl2FN3O2S. The smallest absolute Gasteiger partial charge is 0.263 e. The number of nitrogens with one attached hydrogen (secondary N) is 1. The van der Waals surface area contributed by atoms with E-state index in [0.29, 0.717) is 0 Å². The number of hydrogen-bond donors (Lipinski definition) is 2. The van der Waals surface area contributed by atoms with Crippen LogP contribution in [0.25, 0.3) is 0 Å². The molecule has 106 valence electrons. The first-order valence-electron chi connectivity index (χ1n) is 5.18. The molecule has 5 nitrogen and oxygen atoms in total. The molecule has 1 heterocycles. The zero-order valence-electron chi connectivity index (χ0n) is 9.77. The van der Waals surface area contributed by atoms with E-state index in [-0.39, 0.29) is 26.4 Å². The van der Waals surface area contributed by atoms with Gasteiger partial charge in [-0.3, -0.25) is 4.72 Å². The third kappa shape index (κ3) is 3.12. The van der Waals surface area contributed by atoms with Crippen molar-refractivity contribution in [3.8, 4) is 0 Å². The Kier molecular flexibility index (Phi) is 4.03. The molecule has 0 saturated heterocycles. The Morgan fingerprint density at radius 3 is 2.60 bits per heavy atom. The molecule has 2 aromatic rings. The Morgan fingerprint density at radius 1 is 1.25 bits per heavy atom. The van der Waals surface area contributed by atoms with Crippen LogP contribution in [-0.4, -0.2) is 13.4 Å². The maximum atomic E-state index is 13.5. The van der Waals surface area contributed by atoms with Crippen molar-refractivity contribution in [3.05, 3.63) is 46.3 Å². The topological polar surface area (TPSA) is 85.1 Å². The van der Waals surface area contributed by atoms with Crippen molar-refractivity contribution >= 4 is 44.7 Å². The molecule has 0 aliphatic rings. The molecular weight excluding hydrogens is 328 g/mol. The van der Waals surface area contributed by atoms with Crippen LogP contribution >= 0.6 is 23.2 Å². The van der Waals surface area contributed by atoms with E-state index >= 15 is 0 Å². The van der Waals surface area contributed by atoms with Crippen molar-refractivity contribution in [2.45, 2.75) is 4.90 Å². The van der Waals surface area contributed by atoms with Crippen LogP contribution in [0.2, 0.25) is 10.0 Å². The second kappa shape index (κ2) is 5.43. The van der Waals surface area contributed by atoms with Crippen LogP contribution in [0.5, 0.6) is 0 Å². The van der Waals surface area contributed by atoms with E-state index in [0.717, 1.165) is 24.4 Å². The lowest BCUT2D eigenvalue weighted by Crippen LogP contribution is -2.14. The van der Waals surface area contributed by atoms with Crippen molar-refractivity contribution < 1.29 is 12.8 Å². The van der Waals surface area contributed by atoms with Crippen LogP contribution in [0, 0.1) is 5.82 Å². The molecule has 0 aliphatic heterocycles. The summed E-state index contributed by atoms with van der Waals surface area (Å²) in [5, 5.41) is 0.178. The Morgan fingerprint density at radius 2 is 1.95 bits per heavy atom. The fourth-order valence-corrected chi connectivity index (χ4v) is 2.79. The van der Waals surface area contributed by atoms with Gasteiger partial charge in [-0.15, -0.1) is 0 Å². The van der Waals surface area contributed by atoms with Crippen LogP contribution in [0.4, 0.5) is 15.9 Å². The van der Waals surface area contributed by atoms with Gasteiger partial charge in [0.2, 0.25) is 0 Å². The number of hydrogen-bond acceptors (Lipinski definition) is 4. The molecule has 1 aromatic carbocycles. The van der Waals surface area contributed by atoms with Gasteiger partial charge < -0.3 is 5.73 Å². The summed E-state index contributed by atoms with van der Waals surface area (Å²) in [5.74, 6) is -0.757. The predicted molar refractivity (Wildman–Crippen MR) is 75.9 cm³/mol. The predicted octanol–water partition coefficient (Wildman–Crippen LogP) is 2.91. The third-order valence-electron chi connectivity index (χ3n) is 2.33. The minimum absolute atomic E-state index is 0.000414. The van der Waals surface area contributed by atoms with Gasteiger partial charge in [-0.25, -0.2) is 17.8 Å². The molecule has 0 spiro atoms. The minimum atomic E-state index is -4.04. The minimum Gasteiger partial charge on any atom is -0.382 e. The first kappa shape index (κ1) is 14.8. The maximum Gasteiger partial charge on any atom is 0.263 e. The van der Waals surface area contributed by atoms with E-state index in [1.165, 1.54) is 6.07 Å². The van der Waals surface area contributed by atoms with Gasteiger partial charge in [-0.2, -0.15) is 0 Å². The van der Waals surface area contributed by atoms with E-state index in [9.17, 15) is 12.8 Å². The van der Waals surface area contributed by atoms with E-state index < -0.39 is 15.8 Å². The zero-order valence-corrected chi connectivity index (χ0v) is 12.1. The van der Waals surface area contributed by atoms with E-state index in [4.69, 9.17) is 28.9 Å². The molecule has 0 unspecified atom stereocenters. The van der Waals surface area contributed by atoms with E-state index in [1.807, 2.05) is 0 Å². The largest absolute Gasteiger partial charge is 0.382 e. The molecule has 0 aliphatic carbocycles. The summed E-state index contributed by atoms with van der Waals surface area (Å²) in [4.78, 5) is 3.39. The van der Waals surface area contributed by atoms with Gasteiger partial charge in [-0.05, 0) is 24.3 Å². The Bertz CT molecular complexity index is 768. The van der Waals surface area contributed by atoms with E-state index in [1.54, 1.807) is 0 Å². The fourth-order valence-electron chi connectivity index (χ4n) is 1.36. The van der Waals surface area contributed by atoms with Crippen LogP contribution in [0.15, 0.2) is 35.4 Å². The molecule has 9 heteroatoms. The second-order valence-corrected chi connectivity index (χ2v) is 6.29. The van der Waals surface area contributed by atoms with Crippen LogP contribution in [0.1, 0.15) is 0 Å². The molecule has 0 atom stereocenters. The molecule has 0 fully saturated rings. The molecule has 0 amide bonds. The summed E-state index contributed by atoms with van der Waals surface area (Å²) in [6.45, 7) is 0. The highest BCUT2D eigenvalue weighted by Gasteiger charge is 2.18. The molecule has 2 rings (SSSR count). The van der Waals surface area contributed by atoms with Crippen LogP contribution in [-0.2, 0) is 10.0 Å². The molecule has 0 saturated carbocycles. The summed E-state index contributed by atoms with van der Waals surface area (Å²) in [6, 6.07) is 4.63. The van der Waals surface area contributed by atoms with Gasteiger partial charge in [0.15, 0.2) is 0 Å². The van der Waals surface area contributed by atoms with E-state index in [2.05, 4.69) is 9.71 Å². The van der Waals surface area contributed by atoms with Gasteiger partial charge in [0, 0.05) is 11.2 Å². The Balaban J connectivity index is 2.40. The Labute approximate surface area is 124 Å². The maximum absolute atomic E-state index is 13.5. The van der Waals surface area contributed by atoms with Gasteiger partial charge in [-0.1, -0.05) is 23.2 Å². The van der Waals surface area contributed by atoms with Crippen molar-refractivity contribution in [1.82, 2.24) is 4.98 Å². The lowest BCUT2D eigenvalue weighted by molar-refractivity contribution is 0.598. The van der Waals surface area contributed by atoms with Gasteiger partial charge >= 0.3 is 0 Å². The average molecular weight is 336 g/mol. The number of nitrogens with two attached hydrogens (primary N) is 1. The highest BCUT2D eigenvalue weighted by Crippen LogP contribution is 2.25. The van der Waals surface area contributed by atoms with Crippen molar-refractivity contribution in [3.63, 3.8) is 0 Å². The lowest BCUT2D eigenvalue weighted by Gasteiger charge is -2.09. The van der Waals surface area contributed by atoms with Gasteiger partial charge in [0.25, 0.3) is 10.0 Å². The average Bonchev–Trinajstić information content (AvgIpc) is 2.36. The number of nitrogens with zero attached hydrogens (tertiary/aromatic N) is 1. The van der Waals surface area contributed by atoms with Gasteiger partial charge in [0.05, 0.1) is 10.7 Å². The fraction of sp³-hybridized carbons (Fsp3) is 0. The first-order valence-corrected chi connectivity index (χ1v) is 7.42. The summed E-state index contributed by atoms with van der Waals surface area (Å²) >= 11 is 11.4. The molecule has 1 aromatic heterocycles. The van der Waals surface area contributed by atoms with Crippen LogP contribution < -0.4 is 10.5 Å². The number of pyridine rings is 1. The SMILES string of the molecule is Nc1ncc(S(=O)(=O)Nc2cc(Cl)ccc2F)cc1Cl. The second-order valence-electron chi connectivity index (χ2n) is 3.77.